The van der Waals surface area contributed by atoms with E-state index in [1.165, 1.54) is 12.1 Å². The molecule has 130 valence electrons. The van der Waals surface area contributed by atoms with Crippen LogP contribution in [-0.2, 0) is 9.63 Å². The standard InChI is InChI=1S/C18H18N2O5/c1-23-15-7-6-11(8-16(15)24-2)14-10-17(25-20-14)18(22)19-12-4-3-5-13(21)9-12/h3-9,17,21H,10H2,1-2H3,(H,19,22). The quantitative estimate of drug-likeness (QED) is 0.871. The summed E-state index contributed by atoms with van der Waals surface area (Å²) in [5.74, 6) is 0.941. The maximum atomic E-state index is 12.3. The maximum absolute atomic E-state index is 12.3. The van der Waals surface area contributed by atoms with Gasteiger partial charge in [0.05, 0.1) is 19.9 Å². The first kappa shape index (κ1) is 16.6. The van der Waals surface area contributed by atoms with E-state index in [1.807, 2.05) is 6.07 Å². The number of hydrogen-bond acceptors (Lipinski definition) is 6. The van der Waals surface area contributed by atoms with E-state index in [2.05, 4.69) is 10.5 Å². The summed E-state index contributed by atoms with van der Waals surface area (Å²) >= 11 is 0. The molecule has 0 bridgehead atoms. The van der Waals surface area contributed by atoms with Crippen LogP contribution in [0, 0.1) is 0 Å². The fourth-order valence-electron chi connectivity index (χ4n) is 2.51. The van der Waals surface area contributed by atoms with Crippen LogP contribution in [0.1, 0.15) is 12.0 Å². The number of carbonyl (C=O) groups excluding carboxylic acids is 1. The molecule has 7 nitrogen and oxygen atoms in total. The normalized spacial score (nSPS) is 15.9. The number of methoxy groups -OCH3 is 2. The van der Waals surface area contributed by atoms with Crippen LogP contribution in [0.4, 0.5) is 5.69 Å². The Labute approximate surface area is 144 Å². The summed E-state index contributed by atoms with van der Waals surface area (Å²) in [6.07, 6.45) is -0.398. The van der Waals surface area contributed by atoms with Crippen molar-refractivity contribution in [3.05, 3.63) is 48.0 Å². The van der Waals surface area contributed by atoms with Gasteiger partial charge in [0, 0.05) is 23.7 Å². The highest BCUT2D eigenvalue weighted by Gasteiger charge is 2.29. The Balaban J connectivity index is 1.67. The molecule has 1 heterocycles. The molecule has 0 fully saturated rings. The van der Waals surface area contributed by atoms with Crippen molar-refractivity contribution in [3.63, 3.8) is 0 Å². The van der Waals surface area contributed by atoms with Crippen LogP contribution in [0.2, 0.25) is 0 Å². The summed E-state index contributed by atoms with van der Waals surface area (Å²) < 4.78 is 10.5. The fourth-order valence-corrected chi connectivity index (χ4v) is 2.51. The molecule has 2 aromatic carbocycles. The number of ether oxygens (including phenoxy) is 2. The lowest BCUT2D eigenvalue weighted by Crippen LogP contribution is -2.28. The van der Waals surface area contributed by atoms with E-state index >= 15 is 0 Å². The zero-order chi connectivity index (χ0) is 17.8. The predicted octanol–water partition coefficient (Wildman–Crippen LogP) is 2.54. The number of amides is 1. The number of phenols is 1. The van der Waals surface area contributed by atoms with Crippen molar-refractivity contribution in [2.45, 2.75) is 12.5 Å². The smallest absolute Gasteiger partial charge is 0.268 e. The summed E-state index contributed by atoms with van der Waals surface area (Å²) in [5.41, 5.74) is 1.94. The summed E-state index contributed by atoms with van der Waals surface area (Å²) in [6.45, 7) is 0. The van der Waals surface area contributed by atoms with Crippen LogP contribution >= 0.6 is 0 Å². The summed E-state index contributed by atoms with van der Waals surface area (Å²) in [4.78, 5) is 17.5. The Hall–Kier alpha value is -3.22. The number of nitrogens with one attached hydrogen (secondary N) is 1. The van der Waals surface area contributed by atoms with Gasteiger partial charge in [0.2, 0.25) is 6.10 Å². The van der Waals surface area contributed by atoms with Gasteiger partial charge in [-0.25, -0.2) is 0 Å². The SMILES string of the molecule is COc1ccc(C2=NOC(C(=O)Nc3cccc(O)c3)C2)cc1OC. The summed E-state index contributed by atoms with van der Waals surface area (Å²) in [5, 5.41) is 16.2. The van der Waals surface area contributed by atoms with Crippen molar-refractivity contribution in [1.29, 1.82) is 0 Å². The average molecular weight is 342 g/mol. The third-order valence-corrected chi connectivity index (χ3v) is 3.79. The molecule has 1 unspecified atom stereocenters. The van der Waals surface area contributed by atoms with E-state index in [-0.39, 0.29) is 11.7 Å². The van der Waals surface area contributed by atoms with Crippen molar-refractivity contribution >= 4 is 17.3 Å². The number of rotatable bonds is 5. The number of aromatic hydroxyl groups is 1. The highest BCUT2D eigenvalue weighted by atomic mass is 16.6. The summed E-state index contributed by atoms with van der Waals surface area (Å²) in [7, 11) is 3.12. The van der Waals surface area contributed by atoms with Crippen LogP contribution in [0.15, 0.2) is 47.6 Å². The number of carbonyl (C=O) groups is 1. The minimum absolute atomic E-state index is 0.0763. The van der Waals surface area contributed by atoms with Gasteiger partial charge in [0.1, 0.15) is 5.75 Å². The van der Waals surface area contributed by atoms with Crippen LogP contribution in [-0.4, -0.2) is 37.0 Å². The third-order valence-electron chi connectivity index (χ3n) is 3.79. The van der Waals surface area contributed by atoms with E-state index in [4.69, 9.17) is 14.3 Å². The first-order valence-electron chi connectivity index (χ1n) is 7.65. The van der Waals surface area contributed by atoms with E-state index in [0.29, 0.717) is 29.3 Å². The number of benzene rings is 2. The second-order valence-corrected chi connectivity index (χ2v) is 5.45. The Morgan fingerprint density at radius 3 is 2.72 bits per heavy atom. The molecule has 0 spiro atoms. The van der Waals surface area contributed by atoms with Gasteiger partial charge in [-0.15, -0.1) is 0 Å². The Bertz CT molecular complexity index is 819. The van der Waals surface area contributed by atoms with Gasteiger partial charge in [0.25, 0.3) is 5.91 Å². The highest BCUT2D eigenvalue weighted by Crippen LogP contribution is 2.29. The monoisotopic (exact) mass is 342 g/mol. The minimum atomic E-state index is -0.731. The lowest BCUT2D eigenvalue weighted by Gasteiger charge is -2.10. The average Bonchev–Trinajstić information content (AvgIpc) is 3.11. The molecule has 1 aliphatic rings. The Morgan fingerprint density at radius 2 is 2.00 bits per heavy atom. The topological polar surface area (TPSA) is 89.4 Å². The molecule has 0 saturated carbocycles. The van der Waals surface area contributed by atoms with Crippen molar-refractivity contribution in [2.75, 3.05) is 19.5 Å². The van der Waals surface area contributed by atoms with Gasteiger partial charge in [-0.05, 0) is 30.3 Å². The number of oxime groups is 1. The van der Waals surface area contributed by atoms with Crippen LogP contribution < -0.4 is 14.8 Å². The number of hydrogen-bond donors (Lipinski definition) is 2. The molecule has 1 amide bonds. The lowest BCUT2D eigenvalue weighted by molar-refractivity contribution is -0.125. The highest BCUT2D eigenvalue weighted by molar-refractivity contribution is 6.06. The van der Waals surface area contributed by atoms with E-state index in [0.717, 1.165) is 5.56 Å². The van der Waals surface area contributed by atoms with Crippen molar-refractivity contribution in [2.24, 2.45) is 5.16 Å². The van der Waals surface area contributed by atoms with Gasteiger partial charge >= 0.3 is 0 Å². The number of nitrogens with zero attached hydrogens (tertiary/aromatic N) is 1. The molecule has 7 heteroatoms. The van der Waals surface area contributed by atoms with Crippen molar-refractivity contribution in [1.82, 2.24) is 0 Å². The van der Waals surface area contributed by atoms with Crippen LogP contribution in [0.25, 0.3) is 0 Å². The zero-order valence-electron chi connectivity index (χ0n) is 13.9. The molecule has 0 aromatic heterocycles. The maximum Gasteiger partial charge on any atom is 0.268 e. The van der Waals surface area contributed by atoms with Gasteiger partial charge < -0.3 is 24.7 Å². The van der Waals surface area contributed by atoms with Crippen molar-refractivity contribution < 1.29 is 24.2 Å². The minimum Gasteiger partial charge on any atom is -0.508 e. The zero-order valence-corrected chi connectivity index (χ0v) is 13.9. The molecule has 2 aromatic rings. The number of anilines is 1. The molecule has 0 radical (unpaired) electrons. The van der Waals surface area contributed by atoms with E-state index < -0.39 is 6.10 Å². The summed E-state index contributed by atoms with van der Waals surface area (Å²) in [6, 6.07) is 11.7. The largest absolute Gasteiger partial charge is 0.508 e. The number of phenolic OH excluding ortho intramolecular Hbond substituents is 1. The van der Waals surface area contributed by atoms with Gasteiger partial charge in [-0.2, -0.15) is 0 Å². The third kappa shape index (κ3) is 3.65. The Kier molecular flexibility index (Phi) is 4.74. The molecular weight excluding hydrogens is 324 g/mol. The molecule has 1 atom stereocenters. The molecule has 0 aliphatic carbocycles. The first-order chi connectivity index (χ1) is 12.1. The molecule has 0 saturated heterocycles. The first-order valence-corrected chi connectivity index (χ1v) is 7.65. The molecule has 25 heavy (non-hydrogen) atoms. The molecule has 2 N–H and O–H groups in total. The lowest BCUT2D eigenvalue weighted by atomic mass is 10.0. The molecular formula is C18H18N2O5. The van der Waals surface area contributed by atoms with E-state index in [1.54, 1.807) is 38.5 Å². The molecule has 3 rings (SSSR count). The predicted molar refractivity (Wildman–Crippen MR) is 92.3 cm³/mol. The second-order valence-electron chi connectivity index (χ2n) is 5.45. The fraction of sp³-hybridized carbons (Fsp3) is 0.222. The van der Waals surface area contributed by atoms with E-state index in [9.17, 15) is 9.90 Å². The van der Waals surface area contributed by atoms with Crippen LogP contribution in [0.5, 0.6) is 17.2 Å². The molecule has 1 aliphatic heterocycles. The van der Waals surface area contributed by atoms with Gasteiger partial charge in [-0.1, -0.05) is 11.2 Å². The van der Waals surface area contributed by atoms with Crippen molar-refractivity contribution in [3.8, 4) is 17.2 Å². The van der Waals surface area contributed by atoms with Crippen LogP contribution in [0.3, 0.4) is 0 Å². The van der Waals surface area contributed by atoms with Gasteiger partial charge in [-0.3, -0.25) is 4.79 Å². The second kappa shape index (κ2) is 7.12. The Morgan fingerprint density at radius 1 is 1.20 bits per heavy atom. The van der Waals surface area contributed by atoms with Gasteiger partial charge in [0.15, 0.2) is 11.5 Å².